The zero-order valence-corrected chi connectivity index (χ0v) is 7.84. The first-order valence-electron chi connectivity index (χ1n) is 4.12. The largest absolute Gasteiger partial charge is 0.462 e. The Kier molecular flexibility index (Phi) is 3.82. The lowest BCUT2D eigenvalue weighted by atomic mass is 10.2. The van der Waals surface area contributed by atoms with Crippen molar-refractivity contribution in [3.8, 4) is 0 Å². The van der Waals surface area contributed by atoms with E-state index in [1.54, 1.807) is 6.92 Å². The predicted octanol–water partition coefficient (Wildman–Crippen LogP) is 1.34. The van der Waals surface area contributed by atoms with Gasteiger partial charge in [0.1, 0.15) is 12.0 Å². The van der Waals surface area contributed by atoms with Crippen LogP contribution >= 0.6 is 11.6 Å². The van der Waals surface area contributed by atoms with Crippen LogP contribution in [-0.2, 0) is 14.3 Å². The van der Waals surface area contributed by atoms with E-state index in [4.69, 9.17) is 21.1 Å². The van der Waals surface area contributed by atoms with Crippen molar-refractivity contribution in [1.29, 1.82) is 0 Å². The molecule has 1 rings (SSSR count). The van der Waals surface area contributed by atoms with E-state index in [0.29, 0.717) is 6.61 Å². The van der Waals surface area contributed by atoms with Gasteiger partial charge in [-0.25, -0.2) is 0 Å². The van der Waals surface area contributed by atoms with Gasteiger partial charge in [0.05, 0.1) is 6.10 Å². The number of hydrogen-bond donors (Lipinski definition) is 0. The average molecular weight is 193 g/mol. The summed E-state index contributed by atoms with van der Waals surface area (Å²) in [6.45, 7) is 2.72. The lowest BCUT2D eigenvalue weighted by molar-refractivity contribution is -0.146. The third kappa shape index (κ3) is 2.99. The van der Waals surface area contributed by atoms with Crippen LogP contribution in [0.3, 0.4) is 0 Å². The van der Waals surface area contributed by atoms with Crippen LogP contribution < -0.4 is 0 Å². The number of esters is 1. The number of carbonyl (C=O) groups excluding carboxylic acids is 1. The quantitative estimate of drug-likeness (QED) is 0.500. The van der Waals surface area contributed by atoms with Crippen molar-refractivity contribution in [2.45, 2.75) is 31.2 Å². The summed E-state index contributed by atoms with van der Waals surface area (Å²) in [5.41, 5.74) is 0. The summed E-state index contributed by atoms with van der Waals surface area (Å²) < 4.78 is 10.2. The molecule has 0 aliphatic carbocycles. The summed E-state index contributed by atoms with van der Waals surface area (Å²) in [7, 11) is 0. The Morgan fingerprint density at radius 3 is 3.08 bits per heavy atom. The number of carbonyl (C=O) groups is 1. The number of halogens is 1. The topological polar surface area (TPSA) is 35.5 Å². The van der Waals surface area contributed by atoms with E-state index in [0.717, 1.165) is 19.4 Å². The zero-order chi connectivity index (χ0) is 8.97. The van der Waals surface area contributed by atoms with Crippen molar-refractivity contribution in [3.05, 3.63) is 0 Å². The minimum absolute atomic E-state index is 0.0874. The molecule has 0 aromatic heterocycles. The van der Waals surface area contributed by atoms with Gasteiger partial charge in [0.2, 0.25) is 0 Å². The number of ether oxygens (including phenoxy) is 2. The Morgan fingerprint density at radius 2 is 2.58 bits per heavy atom. The van der Waals surface area contributed by atoms with Crippen LogP contribution in [0.4, 0.5) is 0 Å². The van der Waals surface area contributed by atoms with Gasteiger partial charge in [-0.2, -0.15) is 0 Å². The van der Waals surface area contributed by atoms with Gasteiger partial charge < -0.3 is 9.47 Å². The normalized spacial score (nSPS) is 25.3. The molecule has 4 heteroatoms. The second-order valence-electron chi connectivity index (χ2n) is 2.88. The van der Waals surface area contributed by atoms with Gasteiger partial charge in [0.15, 0.2) is 0 Å². The van der Waals surface area contributed by atoms with Crippen molar-refractivity contribution in [2.24, 2.45) is 0 Å². The monoisotopic (exact) mass is 192 g/mol. The van der Waals surface area contributed by atoms with Gasteiger partial charge in [-0.1, -0.05) is 0 Å². The van der Waals surface area contributed by atoms with Crippen LogP contribution in [0.15, 0.2) is 0 Å². The Hall–Kier alpha value is -0.280. The fourth-order valence-corrected chi connectivity index (χ4v) is 1.13. The first kappa shape index (κ1) is 9.81. The molecule has 1 unspecified atom stereocenters. The second-order valence-corrected chi connectivity index (χ2v) is 3.54. The van der Waals surface area contributed by atoms with Crippen LogP contribution in [0.2, 0.25) is 0 Å². The van der Waals surface area contributed by atoms with Crippen LogP contribution in [0.5, 0.6) is 0 Å². The lowest BCUT2D eigenvalue weighted by Crippen LogP contribution is -2.21. The number of hydrogen-bond acceptors (Lipinski definition) is 3. The van der Waals surface area contributed by atoms with Gasteiger partial charge in [-0.3, -0.25) is 4.79 Å². The molecular formula is C8H13ClO3. The smallest absolute Gasteiger partial charge is 0.323 e. The van der Waals surface area contributed by atoms with Crippen LogP contribution in [0.1, 0.15) is 19.8 Å². The van der Waals surface area contributed by atoms with Crippen LogP contribution in [-0.4, -0.2) is 30.7 Å². The summed E-state index contributed by atoms with van der Waals surface area (Å²) >= 11 is 5.50. The summed E-state index contributed by atoms with van der Waals surface area (Å²) in [6, 6.07) is 0. The minimum atomic E-state index is -0.564. The molecule has 1 aliphatic rings. The zero-order valence-electron chi connectivity index (χ0n) is 7.09. The van der Waals surface area contributed by atoms with E-state index in [9.17, 15) is 4.79 Å². The molecule has 0 N–H and O–H groups in total. The molecule has 1 saturated heterocycles. The Morgan fingerprint density at radius 1 is 1.83 bits per heavy atom. The molecule has 0 saturated carbocycles. The van der Waals surface area contributed by atoms with E-state index < -0.39 is 5.38 Å². The summed E-state index contributed by atoms with van der Waals surface area (Å²) in [5, 5.41) is -0.564. The van der Waals surface area contributed by atoms with Crippen molar-refractivity contribution in [1.82, 2.24) is 0 Å². The molecule has 1 aliphatic heterocycles. The summed E-state index contributed by atoms with van der Waals surface area (Å²) in [6.07, 6.45) is 2.12. The fraction of sp³-hybridized carbons (Fsp3) is 0.875. The van der Waals surface area contributed by atoms with Gasteiger partial charge in [0.25, 0.3) is 0 Å². The molecule has 0 aromatic rings. The van der Waals surface area contributed by atoms with E-state index in [-0.39, 0.29) is 12.1 Å². The van der Waals surface area contributed by atoms with E-state index in [2.05, 4.69) is 0 Å². The standard InChI is InChI=1S/C8H13ClO3/c1-6(9)8(10)12-5-7-3-2-4-11-7/h6-7H,2-5H2,1H3/t6-,7?/m0/s1. The van der Waals surface area contributed by atoms with Gasteiger partial charge in [0, 0.05) is 6.61 Å². The highest BCUT2D eigenvalue weighted by Crippen LogP contribution is 2.12. The molecule has 2 atom stereocenters. The van der Waals surface area contributed by atoms with E-state index >= 15 is 0 Å². The Labute approximate surface area is 77.0 Å². The fourth-order valence-electron chi connectivity index (χ4n) is 1.07. The molecular weight excluding hydrogens is 180 g/mol. The Balaban J connectivity index is 2.12. The maximum Gasteiger partial charge on any atom is 0.323 e. The molecule has 12 heavy (non-hydrogen) atoms. The summed E-state index contributed by atoms with van der Waals surface area (Å²) in [4.78, 5) is 10.9. The maximum absolute atomic E-state index is 10.9. The van der Waals surface area contributed by atoms with E-state index in [1.807, 2.05) is 0 Å². The van der Waals surface area contributed by atoms with Crippen molar-refractivity contribution >= 4 is 17.6 Å². The number of rotatable bonds is 3. The van der Waals surface area contributed by atoms with Gasteiger partial charge in [-0.15, -0.1) is 11.6 Å². The average Bonchev–Trinajstić information content (AvgIpc) is 2.51. The van der Waals surface area contributed by atoms with Crippen LogP contribution in [0, 0.1) is 0 Å². The highest BCUT2D eigenvalue weighted by molar-refractivity contribution is 6.29. The first-order valence-corrected chi connectivity index (χ1v) is 4.56. The lowest BCUT2D eigenvalue weighted by Gasteiger charge is -2.10. The molecule has 0 spiro atoms. The SMILES string of the molecule is C[C@H](Cl)C(=O)OCC1CCCO1. The maximum atomic E-state index is 10.9. The van der Waals surface area contributed by atoms with Gasteiger partial charge in [-0.05, 0) is 19.8 Å². The second kappa shape index (κ2) is 4.67. The molecule has 0 radical (unpaired) electrons. The van der Waals surface area contributed by atoms with E-state index in [1.165, 1.54) is 0 Å². The predicted molar refractivity (Wildman–Crippen MR) is 45.2 cm³/mol. The molecule has 70 valence electrons. The molecule has 3 nitrogen and oxygen atoms in total. The highest BCUT2D eigenvalue weighted by atomic mass is 35.5. The Bertz CT molecular complexity index is 152. The van der Waals surface area contributed by atoms with Crippen molar-refractivity contribution in [3.63, 3.8) is 0 Å². The molecule has 0 aromatic carbocycles. The molecule has 1 heterocycles. The number of alkyl halides is 1. The highest BCUT2D eigenvalue weighted by Gasteiger charge is 2.18. The van der Waals surface area contributed by atoms with Crippen molar-refractivity contribution in [2.75, 3.05) is 13.2 Å². The minimum Gasteiger partial charge on any atom is -0.462 e. The third-order valence-electron chi connectivity index (χ3n) is 1.76. The molecule has 1 fully saturated rings. The van der Waals surface area contributed by atoms with Gasteiger partial charge >= 0.3 is 5.97 Å². The molecule has 0 bridgehead atoms. The van der Waals surface area contributed by atoms with Crippen molar-refractivity contribution < 1.29 is 14.3 Å². The summed E-state index contributed by atoms with van der Waals surface area (Å²) in [5.74, 6) is -0.368. The third-order valence-corrected chi connectivity index (χ3v) is 1.94. The molecule has 0 amide bonds. The first-order chi connectivity index (χ1) is 5.70. The van der Waals surface area contributed by atoms with Crippen LogP contribution in [0.25, 0.3) is 0 Å².